The van der Waals surface area contributed by atoms with Gasteiger partial charge in [-0.15, -0.1) is 0 Å². The largest absolute Gasteiger partial charge is 0.467 e. The van der Waals surface area contributed by atoms with Gasteiger partial charge in [-0.1, -0.05) is 25.4 Å². The number of rotatable bonds is 6. The molecular formula is C11H19ClN4O. The number of ether oxygens (including phenoxy) is 1. The van der Waals surface area contributed by atoms with E-state index in [1.54, 1.807) is 0 Å². The molecule has 1 aromatic heterocycles. The Kier molecular flexibility index (Phi) is 4.96. The van der Waals surface area contributed by atoms with Crippen LogP contribution in [0.2, 0.25) is 5.02 Å². The first-order valence-corrected chi connectivity index (χ1v) is 6.03. The van der Waals surface area contributed by atoms with E-state index in [2.05, 4.69) is 29.1 Å². The molecule has 6 heteroatoms. The van der Waals surface area contributed by atoms with Crippen LogP contribution in [0.15, 0.2) is 6.20 Å². The topological polar surface area (TPSA) is 73.1 Å². The molecule has 0 aliphatic heterocycles. The summed E-state index contributed by atoms with van der Waals surface area (Å²) in [7, 11) is 1.52. The molecule has 1 aromatic rings. The smallest absolute Gasteiger partial charge is 0.318 e. The van der Waals surface area contributed by atoms with Gasteiger partial charge in [0.05, 0.1) is 18.8 Å². The van der Waals surface area contributed by atoms with Crippen LogP contribution in [0, 0.1) is 0 Å². The molecule has 0 saturated carbocycles. The zero-order chi connectivity index (χ0) is 12.9. The van der Waals surface area contributed by atoms with E-state index in [1.165, 1.54) is 13.3 Å². The van der Waals surface area contributed by atoms with Crippen molar-refractivity contribution in [3.05, 3.63) is 11.2 Å². The summed E-state index contributed by atoms with van der Waals surface area (Å²) < 4.78 is 4.97. The van der Waals surface area contributed by atoms with Crippen molar-refractivity contribution in [2.24, 2.45) is 5.73 Å². The van der Waals surface area contributed by atoms with E-state index in [9.17, 15) is 0 Å². The minimum Gasteiger partial charge on any atom is -0.467 e. The molecule has 96 valence electrons. The van der Waals surface area contributed by atoms with Crippen molar-refractivity contribution in [3.63, 3.8) is 0 Å². The first kappa shape index (κ1) is 14.0. The van der Waals surface area contributed by atoms with E-state index in [4.69, 9.17) is 22.1 Å². The molecule has 0 atom stereocenters. The maximum Gasteiger partial charge on any atom is 0.318 e. The quantitative estimate of drug-likeness (QED) is 0.817. The van der Waals surface area contributed by atoms with Crippen molar-refractivity contribution in [1.82, 2.24) is 9.97 Å². The van der Waals surface area contributed by atoms with Gasteiger partial charge in [-0.05, 0) is 12.8 Å². The van der Waals surface area contributed by atoms with E-state index in [-0.39, 0.29) is 11.5 Å². The number of nitrogens with zero attached hydrogens (tertiary/aromatic N) is 2. The van der Waals surface area contributed by atoms with Gasteiger partial charge in [0.2, 0.25) is 0 Å². The lowest BCUT2D eigenvalue weighted by molar-refractivity contribution is 0.378. The Balaban J connectivity index is 2.99. The number of nitrogens with one attached hydrogen (secondary N) is 1. The van der Waals surface area contributed by atoms with Crippen molar-refractivity contribution in [3.8, 4) is 6.01 Å². The van der Waals surface area contributed by atoms with Gasteiger partial charge in [0.1, 0.15) is 5.02 Å². The minimum atomic E-state index is -0.191. The van der Waals surface area contributed by atoms with Gasteiger partial charge in [0, 0.05) is 6.54 Å². The SMILES string of the molecule is CCC(CC)(CN)Nc1nc(OC)ncc1Cl. The molecule has 1 heterocycles. The summed E-state index contributed by atoms with van der Waals surface area (Å²) in [6.07, 6.45) is 3.30. The van der Waals surface area contributed by atoms with Gasteiger partial charge < -0.3 is 15.8 Å². The third-order valence-corrected chi connectivity index (χ3v) is 3.31. The fourth-order valence-corrected chi connectivity index (χ4v) is 1.69. The molecule has 0 bridgehead atoms. The van der Waals surface area contributed by atoms with Crippen LogP contribution in [0.5, 0.6) is 6.01 Å². The highest BCUT2D eigenvalue weighted by molar-refractivity contribution is 6.32. The van der Waals surface area contributed by atoms with Crippen molar-refractivity contribution in [1.29, 1.82) is 0 Å². The van der Waals surface area contributed by atoms with Gasteiger partial charge in [-0.2, -0.15) is 4.98 Å². The number of anilines is 1. The third kappa shape index (κ3) is 3.20. The number of hydrogen-bond donors (Lipinski definition) is 2. The fourth-order valence-electron chi connectivity index (χ4n) is 1.55. The molecule has 1 rings (SSSR count). The molecule has 17 heavy (non-hydrogen) atoms. The molecule has 0 spiro atoms. The van der Waals surface area contributed by atoms with E-state index in [0.29, 0.717) is 17.4 Å². The van der Waals surface area contributed by atoms with Gasteiger partial charge in [-0.3, -0.25) is 0 Å². The van der Waals surface area contributed by atoms with Crippen LogP contribution in [0.4, 0.5) is 5.82 Å². The number of methoxy groups -OCH3 is 1. The Hall–Kier alpha value is -1.07. The molecule has 0 aromatic carbocycles. The van der Waals surface area contributed by atoms with E-state index >= 15 is 0 Å². The highest BCUT2D eigenvalue weighted by Crippen LogP contribution is 2.26. The summed E-state index contributed by atoms with van der Waals surface area (Å²) in [4.78, 5) is 8.12. The number of nitrogens with two attached hydrogens (primary N) is 1. The molecule has 0 unspecified atom stereocenters. The molecule has 0 amide bonds. The minimum absolute atomic E-state index is 0.191. The zero-order valence-corrected chi connectivity index (χ0v) is 11.2. The second kappa shape index (κ2) is 6.02. The second-order valence-corrected chi connectivity index (χ2v) is 4.28. The van der Waals surface area contributed by atoms with Gasteiger partial charge >= 0.3 is 6.01 Å². The molecule has 0 aliphatic carbocycles. The maximum absolute atomic E-state index is 6.05. The van der Waals surface area contributed by atoms with E-state index in [1.807, 2.05) is 0 Å². The summed E-state index contributed by atoms with van der Waals surface area (Å²) in [6, 6.07) is 0.287. The standard InChI is InChI=1S/C11H19ClN4O/c1-4-11(5-2,7-13)16-9-8(12)6-14-10(15-9)17-3/h6H,4-5,7,13H2,1-3H3,(H,14,15,16). The Bertz CT molecular complexity index is 360. The molecule has 0 fully saturated rings. The van der Waals surface area contributed by atoms with E-state index < -0.39 is 0 Å². The van der Waals surface area contributed by atoms with Crippen LogP contribution in [0.25, 0.3) is 0 Å². The average Bonchev–Trinajstić information content (AvgIpc) is 2.38. The lowest BCUT2D eigenvalue weighted by atomic mass is 9.93. The van der Waals surface area contributed by atoms with Gasteiger partial charge in [-0.25, -0.2) is 4.98 Å². The molecule has 0 radical (unpaired) electrons. The van der Waals surface area contributed by atoms with Crippen LogP contribution in [0.1, 0.15) is 26.7 Å². The predicted molar refractivity (Wildman–Crippen MR) is 69.6 cm³/mol. The highest BCUT2D eigenvalue weighted by Gasteiger charge is 2.25. The molecular weight excluding hydrogens is 240 g/mol. The predicted octanol–water partition coefficient (Wildman–Crippen LogP) is 2.07. The summed E-state index contributed by atoms with van der Waals surface area (Å²) in [5, 5.41) is 3.76. The van der Waals surface area contributed by atoms with Crippen molar-refractivity contribution in [2.45, 2.75) is 32.2 Å². The van der Waals surface area contributed by atoms with Gasteiger partial charge in [0.15, 0.2) is 5.82 Å². The maximum atomic E-state index is 6.05. The lowest BCUT2D eigenvalue weighted by Crippen LogP contribution is -2.44. The third-order valence-electron chi connectivity index (χ3n) is 3.03. The normalized spacial score (nSPS) is 11.4. The molecule has 0 aliphatic rings. The Labute approximate surface area is 107 Å². The van der Waals surface area contributed by atoms with Crippen LogP contribution in [0.3, 0.4) is 0 Å². The Morgan fingerprint density at radius 3 is 2.59 bits per heavy atom. The van der Waals surface area contributed by atoms with Crippen molar-refractivity contribution < 1.29 is 4.74 Å². The number of halogens is 1. The molecule has 5 nitrogen and oxygen atoms in total. The molecule has 0 saturated heterocycles. The second-order valence-electron chi connectivity index (χ2n) is 3.87. The van der Waals surface area contributed by atoms with Crippen LogP contribution in [-0.4, -0.2) is 29.2 Å². The summed E-state index contributed by atoms with van der Waals surface area (Å²) >= 11 is 6.05. The fraction of sp³-hybridized carbons (Fsp3) is 0.636. The van der Waals surface area contributed by atoms with Crippen LogP contribution < -0.4 is 15.8 Å². The van der Waals surface area contributed by atoms with Crippen LogP contribution in [-0.2, 0) is 0 Å². The highest BCUT2D eigenvalue weighted by atomic mass is 35.5. The summed E-state index contributed by atoms with van der Waals surface area (Å²) in [6.45, 7) is 4.67. The monoisotopic (exact) mass is 258 g/mol. The summed E-state index contributed by atoms with van der Waals surface area (Å²) in [5.41, 5.74) is 5.63. The average molecular weight is 259 g/mol. The molecule has 3 N–H and O–H groups in total. The van der Waals surface area contributed by atoms with Gasteiger partial charge in [0.25, 0.3) is 0 Å². The zero-order valence-electron chi connectivity index (χ0n) is 10.5. The van der Waals surface area contributed by atoms with E-state index in [0.717, 1.165) is 12.8 Å². The first-order valence-electron chi connectivity index (χ1n) is 5.65. The van der Waals surface area contributed by atoms with Crippen molar-refractivity contribution >= 4 is 17.4 Å². The van der Waals surface area contributed by atoms with Crippen molar-refractivity contribution in [2.75, 3.05) is 19.0 Å². The Morgan fingerprint density at radius 2 is 2.12 bits per heavy atom. The summed E-state index contributed by atoms with van der Waals surface area (Å²) in [5.74, 6) is 0.563. The Morgan fingerprint density at radius 1 is 1.47 bits per heavy atom. The first-order chi connectivity index (χ1) is 8.10. The number of hydrogen-bond acceptors (Lipinski definition) is 5. The van der Waals surface area contributed by atoms with Crippen LogP contribution >= 0.6 is 11.6 Å². The number of aromatic nitrogens is 2. The lowest BCUT2D eigenvalue weighted by Gasteiger charge is -2.32.